The van der Waals surface area contributed by atoms with Gasteiger partial charge in [0.05, 0.1) is 0 Å². The first kappa shape index (κ1) is 63.5. The molecule has 4 fully saturated rings. The summed E-state index contributed by atoms with van der Waals surface area (Å²) in [7, 11) is 6.59. The molecule has 0 spiro atoms. The van der Waals surface area contributed by atoms with Crippen LogP contribution in [0.1, 0.15) is 331 Å². The minimum atomic E-state index is -2.21. The molecule has 0 bridgehead atoms. The summed E-state index contributed by atoms with van der Waals surface area (Å²) in [5, 5.41) is 0. The van der Waals surface area contributed by atoms with Crippen LogP contribution in [0.5, 0.6) is 0 Å². The standard InChI is InChI=1S/4C26H26N/c1-4-8-21-12-11-20(2)17-24(21)15-13-23-14-16-25(18-26(23)19-27-3)22-9-6-5-7-10-22;1-4-8-24-18-25(21-9-6-5-7-10-21)16-15-22(24)13-14-23-12-11-20(2)17-26(23)19-27-3;1-4-8-21-13-14-25(22-9-6-5-7-10-22)18-24(21)16-15-23-17-20(2)11-12-26(23)19-27-3;1-4-8-21-12-11-20(2)17-23(21)13-14-25-18-24(15-16-26(25)19-27-3)22-9-6-5-7-10-22/h11-12,14,16-18,22H,5-7,9-10H2,1-3H3;11-12,15-18,21H,5-7,9-10H2,1-3H3;11-14,17-18,22H,5-7,9-10H2,1-3H3;11-12,15-18,22H,5-7,9-10H2,1-3H3/q4*+1/i22D;2D3,21D;2*2D3,22D. The summed E-state index contributed by atoms with van der Waals surface area (Å²) in [6.45, 7) is 2.59. The van der Waals surface area contributed by atoms with E-state index in [0.29, 0.717) is 33.4 Å². The minimum absolute atomic E-state index is 0.230. The smallest absolute Gasteiger partial charge is 0.101 e. The molecule has 0 saturated heterocycles. The maximum absolute atomic E-state index is 8.94. The normalized spacial score (nSPS) is 16.7. The summed E-state index contributed by atoms with van der Waals surface area (Å²) in [4.78, 5) is 16.0. The van der Waals surface area contributed by atoms with Gasteiger partial charge >= 0.3 is 24.3 Å². The van der Waals surface area contributed by atoms with Gasteiger partial charge in [-0.25, -0.2) is 0 Å². The van der Waals surface area contributed by atoms with Crippen molar-refractivity contribution in [3.63, 3.8) is 0 Å². The van der Waals surface area contributed by atoms with E-state index in [2.05, 4.69) is 170 Å². The predicted octanol–water partition coefficient (Wildman–Crippen LogP) is 24.5. The maximum atomic E-state index is 8.94. The van der Waals surface area contributed by atoms with E-state index in [1.165, 1.54) is 25.7 Å². The van der Waals surface area contributed by atoms with E-state index in [9.17, 15) is 0 Å². The summed E-state index contributed by atoms with van der Waals surface area (Å²) in [5.74, 6) is 47.3. The molecule has 4 aliphatic carbocycles. The third-order valence-electron chi connectivity index (χ3n) is 19.1. The molecule has 4 nitrogen and oxygen atoms in total. The van der Waals surface area contributed by atoms with Crippen molar-refractivity contribution in [1.82, 2.24) is 0 Å². The van der Waals surface area contributed by atoms with Crippen molar-refractivity contribution in [2.24, 2.45) is 0 Å². The first-order valence-electron chi connectivity index (χ1n) is 44.2. The van der Waals surface area contributed by atoms with Crippen LogP contribution >= 0.6 is 0 Å². The molecule has 0 N–H and O–H groups in total. The molecule has 12 rings (SSSR count). The molecular weight excluding hydrogens is 1310 g/mol. The fourth-order valence-electron chi connectivity index (χ4n) is 13.6. The van der Waals surface area contributed by atoms with E-state index < -0.39 is 44.1 Å². The summed E-state index contributed by atoms with van der Waals surface area (Å²) in [6, 6.07) is 56.3. The Kier molecular flexibility index (Phi) is 25.3. The molecule has 0 unspecified atom stereocenters. The molecule has 4 saturated carbocycles. The molecule has 0 atom stereocenters. The fourth-order valence-corrected chi connectivity index (χ4v) is 13.6. The zero-order valence-electron chi connectivity index (χ0n) is 77.3. The van der Waals surface area contributed by atoms with Gasteiger partial charge < -0.3 is 0 Å². The van der Waals surface area contributed by atoms with Crippen molar-refractivity contribution < 1.29 is 17.8 Å². The summed E-state index contributed by atoms with van der Waals surface area (Å²) in [5.41, 5.74) is 17.8. The average Bonchev–Trinajstić information content (AvgIpc) is 0.809. The Balaban J connectivity index is 0.000000184. The van der Waals surface area contributed by atoms with Crippen molar-refractivity contribution in [2.45, 2.75) is 207 Å². The van der Waals surface area contributed by atoms with Crippen molar-refractivity contribution >= 4 is 0 Å². The monoisotopic (exact) mass is 1420 g/mol. The highest BCUT2D eigenvalue weighted by Gasteiger charge is 2.21. The van der Waals surface area contributed by atoms with Crippen molar-refractivity contribution in [2.75, 3.05) is 28.2 Å². The van der Waals surface area contributed by atoms with E-state index >= 15 is 0 Å². The van der Waals surface area contributed by atoms with Crippen LogP contribution in [0.25, 0.3) is 19.4 Å². The van der Waals surface area contributed by atoms with Crippen LogP contribution in [0.15, 0.2) is 146 Å². The van der Waals surface area contributed by atoms with Crippen LogP contribution in [0.3, 0.4) is 0 Å². The molecule has 0 aromatic heterocycles. The number of benzene rings is 8. The Bertz CT molecular complexity index is 5800. The van der Waals surface area contributed by atoms with Gasteiger partial charge in [-0.05, 0) is 272 Å². The first-order chi connectivity index (χ1) is 57.8. The zero-order valence-corrected chi connectivity index (χ0v) is 64.3. The van der Waals surface area contributed by atoms with Gasteiger partial charge in [0.1, 0.15) is 22.3 Å². The van der Waals surface area contributed by atoms with Gasteiger partial charge in [0.25, 0.3) is 28.2 Å². The third kappa shape index (κ3) is 24.1. The fraction of sp³-hybridized carbons (Fsp3) is 0.346. The Morgan fingerprint density at radius 3 is 0.778 bits per heavy atom. The zero-order chi connectivity index (χ0) is 87.4. The van der Waals surface area contributed by atoms with E-state index in [4.69, 9.17) is 17.8 Å². The lowest BCUT2D eigenvalue weighted by molar-refractivity contribution is 0.443. The molecule has 4 aliphatic rings. The number of hydrogen-bond donors (Lipinski definition) is 0. The van der Waals surface area contributed by atoms with Crippen LogP contribution in [0.4, 0.5) is 0 Å². The topological polar surface area (TPSA) is 17.4 Å². The second-order valence-corrected chi connectivity index (χ2v) is 26.9. The van der Waals surface area contributed by atoms with Gasteiger partial charge in [-0.2, -0.15) is 0 Å². The lowest BCUT2D eigenvalue weighted by Gasteiger charge is -2.22. The second kappa shape index (κ2) is 43.0. The van der Waals surface area contributed by atoms with Gasteiger partial charge in [-0.3, -0.25) is 0 Å². The van der Waals surface area contributed by atoms with Gasteiger partial charge in [0, 0.05) is 84.6 Å². The highest BCUT2D eigenvalue weighted by Crippen LogP contribution is 2.37. The van der Waals surface area contributed by atoms with Gasteiger partial charge in [0.15, 0.2) is 0 Å². The summed E-state index contributed by atoms with van der Waals surface area (Å²) in [6.07, 6.45) is 20.5. The molecule has 0 radical (unpaired) electrons. The lowest BCUT2D eigenvalue weighted by Crippen LogP contribution is -2.05. The van der Waals surface area contributed by atoms with Gasteiger partial charge in [-0.15, -0.1) is 23.7 Å². The Morgan fingerprint density at radius 2 is 0.444 bits per heavy atom. The average molecular weight is 1420 g/mol. The molecule has 8 aromatic carbocycles. The van der Waals surface area contributed by atoms with E-state index in [0.717, 1.165) is 186 Å². The van der Waals surface area contributed by atoms with Crippen LogP contribution in [-0.2, 0) is 0 Å². The molecule has 4 heteroatoms. The molecular formula is C104H104N4+4. The van der Waals surface area contributed by atoms with Gasteiger partial charge in [-0.1, -0.05) is 216 Å². The largest absolute Gasteiger partial charge is 0.311 e. The number of hydrogen-bond acceptors (Lipinski definition) is 0. The molecule has 8 aromatic rings. The molecule has 0 aliphatic heterocycles. The number of aryl methyl sites for hydroxylation is 4. The van der Waals surface area contributed by atoms with Crippen LogP contribution < -0.4 is 0 Å². The lowest BCUT2D eigenvalue weighted by atomic mass is 9.83. The summed E-state index contributed by atoms with van der Waals surface area (Å²) < 4.78 is 105. The molecule has 0 amide bonds. The molecule has 536 valence electrons. The number of nitrogens with zero attached hydrogens (tertiary/aromatic N) is 4. The predicted molar refractivity (Wildman–Crippen MR) is 457 cm³/mol. The maximum Gasteiger partial charge on any atom is 0.311 e. The van der Waals surface area contributed by atoms with Crippen LogP contribution in [0.2, 0.25) is 0 Å². The first-order valence-corrected chi connectivity index (χ1v) is 37.7. The van der Waals surface area contributed by atoms with E-state index in [1.807, 2.05) is 73.7 Å². The molecule has 108 heavy (non-hydrogen) atoms. The third-order valence-corrected chi connectivity index (χ3v) is 19.1. The Labute approximate surface area is 667 Å². The number of rotatable bonds is 4. The quantitative estimate of drug-likeness (QED) is 0.156. The van der Waals surface area contributed by atoms with E-state index in [-0.39, 0.29) is 16.7 Å². The Morgan fingerprint density at radius 1 is 0.241 bits per heavy atom. The Hall–Kier alpha value is -11.8. The SMILES string of the molecule is [2H]C([2H])([2H])c1ccc(C#CC)c(C#Cc2cc(C3([2H])CCCCC3)ccc2C#[N+]C)c1.[2H]C([2H])([2H])c1ccc(C#Cc2ccc(C3([2H])CCCCC3)cc2C#CC)c(C#[N+]C)c1.[2H]C([2H])([2H])c1ccc(C#[N+]C)c(C#Cc2cc(C3([2H])CCCCC3)ccc2C#CC)c1.[2H]C1(c2ccc(C#Cc3cc(C)ccc3C#CC)c(C#[N+]C)c2)CCCCC1. The van der Waals surface area contributed by atoms with Crippen LogP contribution in [-0.4, -0.2) is 28.2 Å². The minimum Gasteiger partial charge on any atom is -0.101 e. The van der Waals surface area contributed by atoms with Crippen molar-refractivity contribution in [3.8, 4) is 119 Å². The van der Waals surface area contributed by atoms with Crippen molar-refractivity contribution in [3.05, 3.63) is 298 Å². The second-order valence-electron chi connectivity index (χ2n) is 26.9. The van der Waals surface area contributed by atoms with Crippen molar-refractivity contribution in [1.29, 1.82) is 0 Å². The van der Waals surface area contributed by atoms with Gasteiger partial charge in [0.2, 0.25) is 0 Å². The highest BCUT2D eigenvalue weighted by molar-refractivity contribution is 5.62. The van der Waals surface area contributed by atoms with E-state index in [1.54, 1.807) is 104 Å². The molecule has 0 heterocycles. The highest BCUT2D eigenvalue weighted by atomic mass is 14.6. The summed E-state index contributed by atoms with van der Waals surface area (Å²) >= 11 is 0. The van der Waals surface area contributed by atoms with Crippen LogP contribution in [0, 0.1) is 146 Å².